The van der Waals surface area contributed by atoms with Crippen molar-refractivity contribution in [2.75, 3.05) is 33.3 Å². The Hall–Kier alpha value is -1.30. The number of hydrogen-bond donors (Lipinski definition) is 0. The van der Waals surface area contributed by atoms with E-state index in [0.29, 0.717) is 26.2 Å². The fourth-order valence-electron chi connectivity index (χ4n) is 1.51. The van der Waals surface area contributed by atoms with Gasteiger partial charge >= 0.3 is 6.09 Å². The quantitative estimate of drug-likeness (QED) is 0.594. The summed E-state index contributed by atoms with van der Waals surface area (Å²) in [5.41, 5.74) is 7.29. The van der Waals surface area contributed by atoms with Crippen molar-refractivity contribution >= 4 is 12.0 Å². The van der Waals surface area contributed by atoms with Gasteiger partial charge in [0.2, 0.25) is 5.91 Å². The van der Waals surface area contributed by atoms with Gasteiger partial charge in [0.25, 0.3) is 0 Å². The number of carbonyl (C=O) groups excluding carboxylic acids is 2. The molecule has 1 heterocycles. The largest absolute Gasteiger partial charge is 0.453 e. The summed E-state index contributed by atoms with van der Waals surface area (Å²) in [6, 6.07) is -0.727. The molecule has 0 spiro atoms. The van der Waals surface area contributed by atoms with E-state index in [2.05, 4.69) is 4.74 Å². The first-order chi connectivity index (χ1) is 7.06. The lowest BCUT2D eigenvalue weighted by Crippen LogP contribution is -2.52. The normalized spacial score (nSPS) is 18.6. The van der Waals surface area contributed by atoms with Crippen molar-refractivity contribution in [1.29, 1.82) is 0 Å². The van der Waals surface area contributed by atoms with Gasteiger partial charge in [0.1, 0.15) is 0 Å². The van der Waals surface area contributed by atoms with E-state index in [9.17, 15) is 9.59 Å². The second-order valence-electron chi connectivity index (χ2n) is 3.50. The minimum Gasteiger partial charge on any atom is -0.453 e. The summed E-state index contributed by atoms with van der Waals surface area (Å²) in [5, 5.41) is 0. The average Bonchev–Trinajstić information content (AvgIpc) is 2.27. The van der Waals surface area contributed by atoms with Crippen LogP contribution in [0, 0.1) is 0 Å². The Balaban J connectivity index is 2.42. The van der Waals surface area contributed by atoms with Crippen molar-refractivity contribution in [1.82, 2.24) is 15.5 Å². The third-order valence-corrected chi connectivity index (χ3v) is 2.39. The van der Waals surface area contributed by atoms with Gasteiger partial charge in [-0.1, -0.05) is 0 Å². The van der Waals surface area contributed by atoms with Crippen LogP contribution in [0.1, 0.15) is 6.92 Å². The van der Waals surface area contributed by atoms with Crippen molar-refractivity contribution in [3.63, 3.8) is 0 Å². The van der Waals surface area contributed by atoms with Gasteiger partial charge in [0.15, 0.2) is 0 Å². The highest BCUT2D eigenvalue weighted by Gasteiger charge is 2.25. The highest BCUT2D eigenvalue weighted by atomic mass is 16.5. The molecule has 0 aromatic heterocycles. The average molecular weight is 214 g/mol. The van der Waals surface area contributed by atoms with Crippen LogP contribution in [0.2, 0.25) is 0 Å². The second-order valence-corrected chi connectivity index (χ2v) is 3.50. The SMILES string of the molecule is COC(=O)N1CCN(C(=O)C(C)[NH])CC1. The zero-order valence-electron chi connectivity index (χ0n) is 9.02. The fraction of sp³-hybridized carbons (Fsp3) is 0.778. The fourth-order valence-corrected chi connectivity index (χ4v) is 1.51. The van der Waals surface area contributed by atoms with Crippen molar-refractivity contribution in [2.45, 2.75) is 13.0 Å². The Morgan fingerprint density at radius 1 is 1.20 bits per heavy atom. The van der Waals surface area contributed by atoms with Gasteiger partial charge in [0, 0.05) is 26.2 Å². The molecule has 1 saturated heterocycles. The van der Waals surface area contributed by atoms with E-state index in [0.717, 1.165) is 0 Å². The van der Waals surface area contributed by atoms with Crippen LogP contribution >= 0.6 is 0 Å². The topological polar surface area (TPSA) is 73.7 Å². The van der Waals surface area contributed by atoms with Crippen molar-refractivity contribution in [3.05, 3.63) is 0 Å². The first-order valence-corrected chi connectivity index (χ1v) is 4.89. The Morgan fingerprint density at radius 2 is 1.67 bits per heavy atom. The maximum Gasteiger partial charge on any atom is 0.409 e. The van der Waals surface area contributed by atoms with Gasteiger partial charge in [-0.05, 0) is 6.92 Å². The van der Waals surface area contributed by atoms with Gasteiger partial charge in [0.05, 0.1) is 13.2 Å². The molecule has 1 atom stereocenters. The second kappa shape index (κ2) is 4.97. The van der Waals surface area contributed by atoms with Crippen LogP contribution in [0.25, 0.3) is 0 Å². The maximum absolute atomic E-state index is 11.4. The molecule has 6 heteroatoms. The molecule has 1 N–H and O–H groups in total. The van der Waals surface area contributed by atoms with E-state index < -0.39 is 6.04 Å². The molecule has 1 fully saturated rings. The van der Waals surface area contributed by atoms with Crippen LogP contribution in [0.4, 0.5) is 4.79 Å². The van der Waals surface area contributed by atoms with E-state index in [-0.39, 0.29) is 12.0 Å². The standard InChI is InChI=1S/C9H16N3O3/c1-7(10)8(13)11-3-5-12(6-4-11)9(14)15-2/h7,10H,3-6H2,1-2H3. The monoisotopic (exact) mass is 214 g/mol. The molecule has 85 valence electrons. The number of amides is 2. The lowest BCUT2D eigenvalue weighted by atomic mass is 10.2. The van der Waals surface area contributed by atoms with E-state index in [4.69, 9.17) is 5.73 Å². The van der Waals surface area contributed by atoms with E-state index >= 15 is 0 Å². The molecule has 1 aliphatic heterocycles. The summed E-state index contributed by atoms with van der Waals surface area (Å²) >= 11 is 0. The van der Waals surface area contributed by atoms with Crippen LogP contribution in [0.5, 0.6) is 0 Å². The molecule has 0 saturated carbocycles. The summed E-state index contributed by atoms with van der Waals surface area (Å²) in [5.74, 6) is -0.181. The lowest BCUT2D eigenvalue weighted by Gasteiger charge is -2.34. The van der Waals surface area contributed by atoms with Gasteiger partial charge in [-0.3, -0.25) is 4.79 Å². The number of methoxy groups -OCH3 is 1. The Kier molecular flexibility index (Phi) is 3.90. The number of carbonyl (C=O) groups is 2. The number of piperazine rings is 1. The molecule has 15 heavy (non-hydrogen) atoms. The zero-order valence-corrected chi connectivity index (χ0v) is 9.02. The number of hydrogen-bond acceptors (Lipinski definition) is 3. The minimum absolute atomic E-state index is 0.181. The smallest absolute Gasteiger partial charge is 0.409 e. The molecule has 2 amide bonds. The van der Waals surface area contributed by atoms with Gasteiger partial charge in [-0.25, -0.2) is 10.5 Å². The predicted octanol–water partition coefficient (Wildman–Crippen LogP) is -0.432. The summed E-state index contributed by atoms with van der Waals surface area (Å²) in [7, 11) is 1.34. The highest BCUT2D eigenvalue weighted by molar-refractivity contribution is 5.81. The van der Waals surface area contributed by atoms with Crippen LogP contribution < -0.4 is 5.73 Å². The van der Waals surface area contributed by atoms with Gasteiger partial charge < -0.3 is 14.5 Å². The van der Waals surface area contributed by atoms with Crippen molar-refractivity contribution in [3.8, 4) is 0 Å². The number of rotatable bonds is 1. The minimum atomic E-state index is -0.727. The molecule has 0 bridgehead atoms. The molecule has 0 aliphatic carbocycles. The van der Waals surface area contributed by atoms with Crippen LogP contribution in [0.15, 0.2) is 0 Å². The number of nitrogens with one attached hydrogen (secondary N) is 1. The van der Waals surface area contributed by atoms with E-state index in [1.807, 2.05) is 0 Å². The maximum atomic E-state index is 11.4. The van der Waals surface area contributed by atoms with Crippen LogP contribution in [-0.4, -0.2) is 61.1 Å². The first kappa shape index (κ1) is 11.8. The number of nitrogens with zero attached hydrogens (tertiary/aromatic N) is 2. The van der Waals surface area contributed by atoms with Gasteiger partial charge in [-0.15, -0.1) is 0 Å². The van der Waals surface area contributed by atoms with E-state index in [1.54, 1.807) is 16.7 Å². The molecular weight excluding hydrogens is 198 g/mol. The Bertz CT molecular complexity index is 247. The molecule has 1 rings (SSSR count). The van der Waals surface area contributed by atoms with Crippen molar-refractivity contribution < 1.29 is 14.3 Å². The summed E-state index contributed by atoms with van der Waals surface area (Å²) < 4.78 is 4.58. The van der Waals surface area contributed by atoms with Crippen molar-refractivity contribution in [2.24, 2.45) is 0 Å². The zero-order chi connectivity index (χ0) is 11.4. The third-order valence-electron chi connectivity index (χ3n) is 2.39. The summed E-state index contributed by atoms with van der Waals surface area (Å²) in [4.78, 5) is 25.8. The van der Waals surface area contributed by atoms with E-state index in [1.165, 1.54) is 7.11 Å². The lowest BCUT2D eigenvalue weighted by molar-refractivity contribution is -0.133. The molecule has 1 radical (unpaired) electrons. The Labute approximate surface area is 88.9 Å². The summed E-state index contributed by atoms with van der Waals surface area (Å²) in [6.45, 7) is 3.47. The van der Waals surface area contributed by atoms with Crippen LogP contribution in [0.3, 0.4) is 0 Å². The summed E-state index contributed by atoms with van der Waals surface area (Å²) in [6.07, 6.45) is -0.360. The molecule has 0 aromatic rings. The molecule has 0 aromatic carbocycles. The molecule has 6 nitrogen and oxygen atoms in total. The Morgan fingerprint density at radius 3 is 2.07 bits per heavy atom. The first-order valence-electron chi connectivity index (χ1n) is 4.89. The predicted molar refractivity (Wildman–Crippen MR) is 53.1 cm³/mol. The third kappa shape index (κ3) is 2.82. The molecule has 1 unspecified atom stereocenters. The molecular formula is C9H16N3O3. The van der Waals surface area contributed by atoms with Gasteiger partial charge in [-0.2, -0.15) is 0 Å². The number of ether oxygens (including phenoxy) is 1. The van der Waals surface area contributed by atoms with Crippen LogP contribution in [-0.2, 0) is 9.53 Å². The highest BCUT2D eigenvalue weighted by Crippen LogP contribution is 2.04. The molecule has 1 aliphatic rings.